The summed E-state index contributed by atoms with van der Waals surface area (Å²) in [7, 11) is 1.91. The van der Waals surface area contributed by atoms with E-state index in [0.29, 0.717) is 5.92 Å². The van der Waals surface area contributed by atoms with E-state index in [0.717, 1.165) is 62.1 Å². The number of hydrogen-bond donors (Lipinski definition) is 0. The number of amides is 1. The van der Waals surface area contributed by atoms with Crippen LogP contribution in [0.5, 0.6) is 0 Å². The summed E-state index contributed by atoms with van der Waals surface area (Å²) in [6.45, 7) is 7.78. The maximum atomic E-state index is 13.8. The molecule has 1 aliphatic heterocycles. The quantitative estimate of drug-likeness (QED) is 0.736. The lowest BCUT2D eigenvalue weighted by atomic mass is 9.95. The van der Waals surface area contributed by atoms with Crippen LogP contribution in [-0.2, 0) is 6.42 Å². The molecule has 4 heteroatoms. The highest BCUT2D eigenvalue weighted by Crippen LogP contribution is 2.20. The number of nitrogens with zero attached hydrogens (tertiary/aromatic N) is 2. The van der Waals surface area contributed by atoms with E-state index in [4.69, 9.17) is 0 Å². The second-order valence-corrected chi connectivity index (χ2v) is 8.13. The fourth-order valence-electron chi connectivity index (χ4n) is 4.10. The van der Waals surface area contributed by atoms with Crippen LogP contribution in [0.2, 0.25) is 0 Å². The van der Waals surface area contributed by atoms with Gasteiger partial charge >= 0.3 is 0 Å². The average molecular weight is 383 g/mol. The Kier molecular flexibility index (Phi) is 6.84. The first kappa shape index (κ1) is 20.5. The molecule has 28 heavy (non-hydrogen) atoms. The third kappa shape index (κ3) is 5.20. The van der Waals surface area contributed by atoms with Crippen LogP contribution in [0.15, 0.2) is 42.5 Å². The van der Waals surface area contributed by atoms with Crippen molar-refractivity contribution in [2.24, 2.45) is 5.92 Å². The number of carbonyl (C=O) groups is 1. The first-order valence-electron chi connectivity index (χ1n) is 10.2. The Morgan fingerprint density at radius 3 is 2.54 bits per heavy atom. The number of hydrogen-bond acceptors (Lipinski definition) is 2. The minimum Gasteiger partial charge on any atom is -0.341 e. The minimum atomic E-state index is -0.107. The van der Waals surface area contributed by atoms with E-state index in [1.54, 1.807) is 6.07 Å². The Morgan fingerprint density at radius 1 is 1.14 bits per heavy atom. The molecule has 3 nitrogen and oxygen atoms in total. The van der Waals surface area contributed by atoms with Crippen molar-refractivity contribution in [3.63, 3.8) is 0 Å². The van der Waals surface area contributed by atoms with Crippen molar-refractivity contribution in [1.29, 1.82) is 0 Å². The van der Waals surface area contributed by atoms with Gasteiger partial charge in [-0.3, -0.25) is 4.79 Å². The van der Waals surface area contributed by atoms with Crippen LogP contribution < -0.4 is 0 Å². The smallest absolute Gasteiger partial charge is 0.253 e. The monoisotopic (exact) mass is 382 g/mol. The number of aryl methyl sites for hydroxylation is 2. The van der Waals surface area contributed by atoms with Crippen LogP contribution in [0.4, 0.5) is 4.39 Å². The number of piperidine rings is 1. The van der Waals surface area contributed by atoms with Gasteiger partial charge in [-0.05, 0) is 75.4 Å². The molecule has 1 saturated heterocycles. The number of halogens is 1. The molecule has 1 aliphatic rings. The van der Waals surface area contributed by atoms with Crippen LogP contribution in [0.1, 0.15) is 39.9 Å². The molecule has 0 atom stereocenters. The van der Waals surface area contributed by atoms with E-state index in [9.17, 15) is 9.18 Å². The van der Waals surface area contributed by atoms with Gasteiger partial charge in [0.25, 0.3) is 5.91 Å². The summed E-state index contributed by atoms with van der Waals surface area (Å²) in [4.78, 5) is 17.1. The third-order valence-corrected chi connectivity index (χ3v) is 5.85. The standard InChI is InChI=1S/C24H31FN2O/c1-18-8-9-22(19(2)16-18)24(28)26(3)17-20-10-13-27(14-11-20)15-12-21-6-4-5-7-23(21)25/h4-9,16,20H,10-15,17H2,1-3H3. The van der Waals surface area contributed by atoms with Crippen molar-refractivity contribution in [2.45, 2.75) is 33.1 Å². The third-order valence-electron chi connectivity index (χ3n) is 5.85. The molecule has 2 aromatic carbocycles. The summed E-state index contributed by atoms with van der Waals surface area (Å²) in [6.07, 6.45) is 2.92. The Hall–Kier alpha value is -2.20. The molecule has 150 valence electrons. The van der Waals surface area contributed by atoms with Crippen molar-refractivity contribution >= 4 is 5.91 Å². The summed E-state index contributed by atoms with van der Waals surface area (Å²) >= 11 is 0. The topological polar surface area (TPSA) is 23.6 Å². The molecule has 0 bridgehead atoms. The fourth-order valence-corrected chi connectivity index (χ4v) is 4.10. The lowest BCUT2D eigenvalue weighted by Crippen LogP contribution is -2.40. The molecule has 1 fully saturated rings. The second kappa shape index (κ2) is 9.33. The zero-order valence-corrected chi connectivity index (χ0v) is 17.2. The highest BCUT2D eigenvalue weighted by atomic mass is 19.1. The first-order chi connectivity index (χ1) is 13.4. The lowest BCUT2D eigenvalue weighted by molar-refractivity contribution is 0.0739. The zero-order chi connectivity index (χ0) is 20.1. The summed E-state index contributed by atoms with van der Waals surface area (Å²) in [5, 5.41) is 0. The first-order valence-corrected chi connectivity index (χ1v) is 10.2. The van der Waals surface area contributed by atoms with Gasteiger partial charge in [0.2, 0.25) is 0 Å². The van der Waals surface area contributed by atoms with Gasteiger partial charge in [0, 0.05) is 25.7 Å². The molecular formula is C24H31FN2O. The molecule has 0 radical (unpaired) electrons. The largest absolute Gasteiger partial charge is 0.341 e. The SMILES string of the molecule is Cc1ccc(C(=O)N(C)CC2CCN(CCc3ccccc3F)CC2)c(C)c1. The van der Waals surface area contributed by atoms with Crippen molar-refractivity contribution in [2.75, 3.05) is 33.2 Å². The summed E-state index contributed by atoms with van der Waals surface area (Å²) in [5.41, 5.74) is 3.82. The van der Waals surface area contributed by atoms with E-state index in [1.165, 1.54) is 11.6 Å². The molecule has 0 aromatic heterocycles. The van der Waals surface area contributed by atoms with Crippen molar-refractivity contribution in [3.8, 4) is 0 Å². The van der Waals surface area contributed by atoms with Crippen molar-refractivity contribution in [1.82, 2.24) is 9.80 Å². The normalized spacial score (nSPS) is 15.6. The van der Waals surface area contributed by atoms with Crippen molar-refractivity contribution < 1.29 is 9.18 Å². The highest BCUT2D eigenvalue weighted by Gasteiger charge is 2.23. The van der Waals surface area contributed by atoms with Crippen molar-refractivity contribution in [3.05, 3.63) is 70.5 Å². The lowest BCUT2D eigenvalue weighted by Gasteiger charge is -2.34. The summed E-state index contributed by atoms with van der Waals surface area (Å²) in [6, 6.07) is 13.0. The Bertz CT molecular complexity index is 812. The molecule has 0 aliphatic carbocycles. The van der Waals surface area contributed by atoms with E-state index >= 15 is 0 Å². The van der Waals surface area contributed by atoms with Crippen LogP contribution in [0, 0.1) is 25.6 Å². The van der Waals surface area contributed by atoms with Crippen LogP contribution in [0.3, 0.4) is 0 Å². The molecule has 3 rings (SSSR count). The number of benzene rings is 2. The molecule has 0 N–H and O–H groups in total. The van der Waals surface area contributed by atoms with Gasteiger partial charge in [0.1, 0.15) is 5.82 Å². The predicted octanol–water partition coefficient (Wildman–Crippen LogP) is 4.47. The van der Waals surface area contributed by atoms with Gasteiger partial charge in [-0.1, -0.05) is 35.9 Å². The minimum absolute atomic E-state index is 0.107. The average Bonchev–Trinajstić information content (AvgIpc) is 2.68. The summed E-state index contributed by atoms with van der Waals surface area (Å²) < 4.78 is 13.8. The molecule has 1 amide bonds. The van der Waals surface area contributed by atoms with Gasteiger partial charge in [0.05, 0.1) is 0 Å². The van der Waals surface area contributed by atoms with E-state index < -0.39 is 0 Å². The number of rotatable bonds is 6. The maximum absolute atomic E-state index is 13.8. The zero-order valence-electron chi connectivity index (χ0n) is 17.2. The van der Waals surface area contributed by atoms with E-state index in [2.05, 4.69) is 11.0 Å². The van der Waals surface area contributed by atoms with Crippen LogP contribution in [-0.4, -0.2) is 48.9 Å². The summed E-state index contributed by atoms with van der Waals surface area (Å²) in [5.74, 6) is 0.535. The predicted molar refractivity (Wildman–Crippen MR) is 112 cm³/mol. The Labute approximate surface area is 168 Å². The Balaban J connectivity index is 1.46. The maximum Gasteiger partial charge on any atom is 0.253 e. The molecule has 0 saturated carbocycles. The van der Waals surface area contributed by atoms with Gasteiger partial charge in [-0.2, -0.15) is 0 Å². The number of carbonyl (C=O) groups excluding carboxylic acids is 1. The molecular weight excluding hydrogens is 351 g/mol. The van der Waals surface area contributed by atoms with E-state index in [-0.39, 0.29) is 11.7 Å². The number of likely N-dealkylation sites (tertiary alicyclic amines) is 1. The van der Waals surface area contributed by atoms with E-state index in [1.807, 2.05) is 50.1 Å². The van der Waals surface area contributed by atoms with Gasteiger partial charge in [-0.25, -0.2) is 4.39 Å². The molecule has 0 spiro atoms. The Morgan fingerprint density at radius 2 is 1.86 bits per heavy atom. The molecule has 1 heterocycles. The van der Waals surface area contributed by atoms with Gasteiger partial charge in [-0.15, -0.1) is 0 Å². The fraction of sp³-hybridized carbons (Fsp3) is 0.458. The molecule has 0 unspecified atom stereocenters. The van der Waals surface area contributed by atoms with Crippen LogP contribution in [0.25, 0.3) is 0 Å². The van der Waals surface area contributed by atoms with Gasteiger partial charge in [0.15, 0.2) is 0 Å². The second-order valence-electron chi connectivity index (χ2n) is 8.13. The molecule has 2 aromatic rings. The van der Waals surface area contributed by atoms with Crippen LogP contribution >= 0.6 is 0 Å². The van der Waals surface area contributed by atoms with Gasteiger partial charge < -0.3 is 9.80 Å². The highest BCUT2D eigenvalue weighted by molar-refractivity contribution is 5.95.